The van der Waals surface area contributed by atoms with Crippen molar-refractivity contribution in [3.8, 4) is 0 Å². The van der Waals surface area contributed by atoms with E-state index in [0.717, 1.165) is 30.8 Å². The van der Waals surface area contributed by atoms with Crippen LogP contribution in [0.5, 0.6) is 0 Å². The molecule has 2 aliphatic rings. The number of aliphatic imine (C=N–C) groups is 1. The molecule has 1 aliphatic carbocycles. The van der Waals surface area contributed by atoms with Crippen LogP contribution in [0.4, 0.5) is 5.69 Å². The van der Waals surface area contributed by atoms with Crippen LogP contribution in [0.15, 0.2) is 29.3 Å². The molecule has 6 nitrogen and oxygen atoms in total. The standard InChI is InChI=1S/C21H33N5O/c1-22-21(23-12-13-26(2)17-8-4-3-5-9-17)24-15-16-14-20(27)25-19-11-7-6-10-18(16)19/h6-7,10-11,16-17H,3-5,8-9,12-15H2,1-2H3,(H,25,27)(H2,22,23,24). The molecule has 0 bridgehead atoms. The topological polar surface area (TPSA) is 68.8 Å². The van der Waals surface area contributed by atoms with Crippen molar-refractivity contribution < 1.29 is 4.79 Å². The van der Waals surface area contributed by atoms with Gasteiger partial charge in [0.2, 0.25) is 5.91 Å². The van der Waals surface area contributed by atoms with E-state index in [1.807, 2.05) is 18.2 Å². The van der Waals surface area contributed by atoms with E-state index in [2.05, 4.69) is 39.0 Å². The molecule has 1 heterocycles. The second-order valence-electron chi connectivity index (χ2n) is 7.69. The van der Waals surface area contributed by atoms with Crippen LogP contribution in [0.1, 0.15) is 50.0 Å². The van der Waals surface area contributed by atoms with E-state index in [4.69, 9.17) is 0 Å². The number of carbonyl (C=O) groups is 1. The molecule has 0 aromatic heterocycles. The Labute approximate surface area is 162 Å². The van der Waals surface area contributed by atoms with Crippen LogP contribution < -0.4 is 16.0 Å². The van der Waals surface area contributed by atoms with Gasteiger partial charge in [-0.3, -0.25) is 9.79 Å². The molecule has 1 aromatic carbocycles. The Balaban J connectivity index is 1.45. The van der Waals surface area contributed by atoms with Crippen molar-refractivity contribution in [2.24, 2.45) is 4.99 Å². The Hall–Kier alpha value is -2.08. The zero-order valence-corrected chi connectivity index (χ0v) is 16.6. The molecule has 1 amide bonds. The average molecular weight is 372 g/mol. The molecule has 0 radical (unpaired) electrons. The van der Waals surface area contributed by atoms with Gasteiger partial charge in [0, 0.05) is 50.7 Å². The minimum absolute atomic E-state index is 0.0811. The van der Waals surface area contributed by atoms with E-state index in [0.29, 0.717) is 13.0 Å². The van der Waals surface area contributed by atoms with Gasteiger partial charge in [-0.1, -0.05) is 37.5 Å². The first-order valence-corrected chi connectivity index (χ1v) is 10.2. The molecule has 3 rings (SSSR count). The number of hydrogen-bond acceptors (Lipinski definition) is 3. The van der Waals surface area contributed by atoms with E-state index >= 15 is 0 Å². The Kier molecular flexibility index (Phi) is 7.10. The lowest BCUT2D eigenvalue weighted by Crippen LogP contribution is -2.44. The number of amides is 1. The third-order valence-corrected chi connectivity index (χ3v) is 5.80. The van der Waals surface area contributed by atoms with Gasteiger partial charge in [-0.15, -0.1) is 0 Å². The number of benzene rings is 1. The summed E-state index contributed by atoms with van der Waals surface area (Å²) in [7, 11) is 4.02. The van der Waals surface area contributed by atoms with Crippen LogP contribution >= 0.6 is 0 Å². The van der Waals surface area contributed by atoms with Gasteiger partial charge in [0.1, 0.15) is 0 Å². The fourth-order valence-corrected chi connectivity index (χ4v) is 4.18. The zero-order valence-electron chi connectivity index (χ0n) is 16.6. The zero-order chi connectivity index (χ0) is 19.1. The number of para-hydroxylation sites is 1. The second-order valence-corrected chi connectivity index (χ2v) is 7.69. The second kappa shape index (κ2) is 9.74. The number of fused-ring (bicyclic) bond motifs is 1. The molecule has 0 saturated heterocycles. The number of nitrogens with one attached hydrogen (secondary N) is 3. The summed E-state index contributed by atoms with van der Waals surface area (Å²) < 4.78 is 0. The van der Waals surface area contributed by atoms with Crippen LogP contribution in [0.3, 0.4) is 0 Å². The SMILES string of the molecule is CN=C(NCCN(C)C1CCCCC1)NCC1CC(=O)Nc2ccccc21. The fourth-order valence-electron chi connectivity index (χ4n) is 4.18. The molecule has 6 heteroatoms. The minimum atomic E-state index is 0.0811. The van der Waals surface area contributed by atoms with Crippen molar-refractivity contribution in [2.75, 3.05) is 39.0 Å². The molecular formula is C21H33N5O. The Morgan fingerprint density at radius 1 is 1.22 bits per heavy atom. The van der Waals surface area contributed by atoms with Crippen molar-refractivity contribution in [1.29, 1.82) is 0 Å². The van der Waals surface area contributed by atoms with E-state index in [1.54, 1.807) is 7.05 Å². The molecule has 1 aliphatic heterocycles. The summed E-state index contributed by atoms with van der Waals surface area (Å²) in [6.07, 6.45) is 7.27. The minimum Gasteiger partial charge on any atom is -0.356 e. The van der Waals surface area contributed by atoms with Crippen LogP contribution in [-0.4, -0.2) is 56.5 Å². The number of carbonyl (C=O) groups excluding carboxylic acids is 1. The Morgan fingerprint density at radius 2 is 2.00 bits per heavy atom. The molecule has 148 valence electrons. The summed E-state index contributed by atoms with van der Waals surface area (Å²) >= 11 is 0. The van der Waals surface area contributed by atoms with Crippen LogP contribution in [0.2, 0.25) is 0 Å². The lowest BCUT2D eigenvalue weighted by Gasteiger charge is -2.31. The van der Waals surface area contributed by atoms with Gasteiger partial charge >= 0.3 is 0 Å². The molecule has 0 spiro atoms. The normalized spacial score (nSPS) is 20.9. The van der Waals surface area contributed by atoms with E-state index in [1.165, 1.54) is 37.7 Å². The number of hydrogen-bond donors (Lipinski definition) is 3. The first-order chi connectivity index (χ1) is 13.2. The molecule has 1 atom stereocenters. The largest absolute Gasteiger partial charge is 0.356 e. The maximum Gasteiger partial charge on any atom is 0.225 e. The number of nitrogens with zero attached hydrogens (tertiary/aromatic N) is 2. The lowest BCUT2D eigenvalue weighted by atomic mass is 9.90. The lowest BCUT2D eigenvalue weighted by molar-refractivity contribution is -0.116. The quantitative estimate of drug-likeness (QED) is 0.531. The highest BCUT2D eigenvalue weighted by Gasteiger charge is 2.24. The summed E-state index contributed by atoms with van der Waals surface area (Å²) in [5.41, 5.74) is 2.12. The summed E-state index contributed by atoms with van der Waals surface area (Å²) in [6, 6.07) is 8.77. The molecule has 1 saturated carbocycles. The number of guanidine groups is 1. The van der Waals surface area contributed by atoms with E-state index < -0.39 is 0 Å². The van der Waals surface area contributed by atoms with E-state index in [-0.39, 0.29) is 11.8 Å². The molecule has 27 heavy (non-hydrogen) atoms. The van der Waals surface area contributed by atoms with Crippen molar-refractivity contribution in [1.82, 2.24) is 15.5 Å². The third-order valence-electron chi connectivity index (χ3n) is 5.80. The van der Waals surface area contributed by atoms with Gasteiger partial charge in [0.15, 0.2) is 5.96 Å². The molecule has 1 aromatic rings. The van der Waals surface area contributed by atoms with Crippen molar-refractivity contribution >= 4 is 17.6 Å². The average Bonchev–Trinajstić information content (AvgIpc) is 2.70. The van der Waals surface area contributed by atoms with Gasteiger partial charge < -0.3 is 20.9 Å². The highest BCUT2D eigenvalue weighted by molar-refractivity contribution is 5.94. The van der Waals surface area contributed by atoms with Gasteiger partial charge in [-0.2, -0.15) is 0 Å². The third kappa shape index (κ3) is 5.45. The first-order valence-electron chi connectivity index (χ1n) is 10.2. The van der Waals surface area contributed by atoms with Gasteiger partial charge in [-0.05, 0) is 31.5 Å². The van der Waals surface area contributed by atoms with Crippen molar-refractivity contribution in [3.05, 3.63) is 29.8 Å². The van der Waals surface area contributed by atoms with E-state index in [9.17, 15) is 4.79 Å². The van der Waals surface area contributed by atoms with Gasteiger partial charge in [0.05, 0.1) is 0 Å². The maximum atomic E-state index is 12.0. The fraction of sp³-hybridized carbons (Fsp3) is 0.619. The summed E-state index contributed by atoms with van der Waals surface area (Å²) in [6.45, 7) is 2.58. The van der Waals surface area contributed by atoms with Gasteiger partial charge in [-0.25, -0.2) is 0 Å². The molecule has 1 fully saturated rings. The number of likely N-dealkylation sites (N-methyl/N-ethyl adjacent to an activating group) is 1. The number of rotatable bonds is 6. The summed E-state index contributed by atoms with van der Waals surface area (Å²) in [4.78, 5) is 18.8. The summed E-state index contributed by atoms with van der Waals surface area (Å²) in [5, 5.41) is 9.76. The predicted molar refractivity (Wildman–Crippen MR) is 111 cm³/mol. The number of anilines is 1. The molecule has 1 unspecified atom stereocenters. The monoisotopic (exact) mass is 371 g/mol. The maximum absolute atomic E-state index is 12.0. The molecular weight excluding hydrogens is 338 g/mol. The Morgan fingerprint density at radius 3 is 2.78 bits per heavy atom. The predicted octanol–water partition coefficient (Wildman–Crippen LogP) is 2.54. The molecule has 3 N–H and O–H groups in total. The highest BCUT2D eigenvalue weighted by atomic mass is 16.1. The van der Waals surface area contributed by atoms with Crippen LogP contribution in [0.25, 0.3) is 0 Å². The van der Waals surface area contributed by atoms with Crippen molar-refractivity contribution in [3.63, 3.8) is 0 Å². The van der Waals surface area contributed by atoms with Crippen LogP contribution in [0, 0.1) is 0 Å². The first kappa shape index (κ1) is 19.7. The Bertz CT molecular complexity index is 654. The van der Waals surface area contributed by atoms with Crippen LogP contribution in [-0.2, 0) is 4.79 Å². The van der Waals surface area contributed by atoms with Crippen molar-refractivity contribution in [2.45, 2.75) is 50.5 Å². The highest BCUT2D eigenvalue weighted by Crippen LogP contribution is 2.31. The smallest absolute Gasteiger partial charge is 0.225 e. The van der Waals surface area contributed by atoms with Gasteiger partial charge in [0.25, 0.3) is 0 Å². The summed E-state index contributed by atoms with van der Waals surface area (Å²) in [5.74, 6) is 1.05.